The van der Waals surface area contributed by atoms with Gasteiger partial charge in [-0.2, -0.15) is 9.57 Å². The molecule has 0 radical (unpaired) electrons. The van der Waals surface area contributed by atoms with Crippen LogP contribution in [0.15, 0.2) is 23.1 Å². The highest BCUT2D eigenvalue weighted by atomic mass is 35.5. The standard InChI is InChI=1S/C12H15ClN2O3S/c1-3-15(8-4-7-14)19(16,17)10-5-6-12(18-2)11(13)9-10/h5-6,9H,3-4,8H2,1-2H3. The van der Waals surface area contributed by atoms with Gasteiger partial charge in [-0.25, -0.2) is 8.42 Å². The number of rotatable bonds is 6. The molecule has 0 N–H and O–H groups in total. The Morgan fingerprint density at radius 3 is 2.63 bits per heavy atom. The van der Waals surface area contributed by atoms with Crippen LogP contribution in [0, 0.1) is 11.3 Å². The van der Waals surface area contributed by atoms with Gasteiger partial charge in [0.25, 0.3) is 0 Å². The zero-order valence-corrected chi connectivity index (χ0v) is 12.3. The van der Waals surface area contributed by atoms with Gasteiger partial charge in [-0.3, -0.25) is 0 Å². The Hall–Kier alpha value is -1.29. The van der Waals surface area contributed by atoms with Crippen LogP contribution < -0.4 is 4.74 Å². The zero-order chi connectivity index (χ0) is 14.5. The first kappa shape index (κ1) is 15.8. The first-order valence-corrected chi connectivity index (χ1v) is 7.49. The van der Waals surface area contributed by atoms with E-state index in [1.165, 1.54) is 29.6 Å². The number of hydrogen-bond donors (Lipinski definition) is 0. The Morgan fingerprint density at radius 1 is 1.47 bits per heavy atom. The molecule has 7 heteroatoms. The summed E-state index contributed by atoms with van der Waals surface area (Å²) in [6.07, 6.45) is 0.150. The molecule has 0 unspecified atom stereocenters. The molecule has 0 aliphatic carbocycles. The molecule has 0 aliphatic rings. The van der Waals surface area contributed by atoms with Gasteiger partial charge in [0.1, 0.15) is 5.75 Å². The molecule has 1 rings (SSSR count). The summed E-state index contributed by atoms with van der Waals surface area (Å²) >= 11 is 5.93. The van der Waals surface area contributed by atoms with Gasteiger partial charge in [0, 0.05) is 19.5 Å². The normalized spacial score (nSPS) is 11.3. The van der Waals surface area contributed by atoms with E-state index in [2.05, 4.69) is 0 Å². The summed E-state index contributed by atoms with van der Waals surface area (Å²) in [5, 5.41) is 8.79. The van der Waals surface area contributed by atoms with E-state index >= 15 is 0 Å². The van der Waals surface area contributed by atoms with E-state index in [1.807, 2.05) is 6.07 Å². The van der Waals surface area contributed by atoms with E-state index in [9.17, 15) is 8.42 Å². The smallest absolute Gasteiger partial charge is 0.243 e. The third-order valence-electron chi connectivity index (χ3n) is 2.59. The Kier molecular flexibility index (Phi) is 5.60. The molecule has 0 aromatic heterocycles. The molecule has 19 heavy (non-hydrogen) atoms. The van der Waals surface area contributed by atoms with Crippen molar-refractivity contribution in [2.75, 3.05) is 20.2 Å². The maximum absolute atomic E-state index is 12.3. The number of methoxy groups -OCH3 is 1. The van der Waals surface area contributed by atoms with Gasteiger partial charge in [0.05, 0.1) is 23.1 Å². The van der Waals surface area contributed by atoms with Crippen molar-refractivity contribution in [3.63, 3.8) is 0 Å². The summed E-state index contributed by atoms with van der Waals surface area (Å²) in [5.74, 6) is 0.417. The van der Waals surface area contributed by atoms with Crippen LogP contribution in [-0.2, 0) is 10.0 Å². The summed E-state index contributed by atoms with van der Waals surface area (Å²) in [4.78, 5) is 0.0955. The Morgan fingerprint density at radius 2 is 2.16 bits per heavy atom. The number of halogens is 1. The molecule has 0 atom stereocenters. The lowest BCUT2D eigenvalue weighted by molar-refractivity contribution is 0.414. The fourth-order valence-corrected chi connectivity index (χ4v) is 3.38. The predicted molar refractivity (Wildman–Crippen MR) is 72.7 cm³/mol. The predicted octanol–water partition coefficient (Wildman–Crippen LogP) is 2.27. The Bertz CT molecular complexity index is 581. The SMILES string of the molecule is CCN(CCC#N)S(=O)(=O)c1ccc(OC)c(Cl)c1. The minimum Gasteiger partial charge on any atom is -0.495 e. The van der Waals surface area contributed by atoms with E-state index in [0.717, 1.165) is 0 Å². The van der Waals surface area contributed by atoms with Crippen molar-refractivity contribution in [1.82, 2.24) is 4.31 Å². The van der Waals surface area contributed by atoms with Crippen LogP contribution >= 0.6 is 11.6 Å². The van der Waals surface area contributed by atoms with E-state index in [1.54, 1.807) is 6.92 Å². The van der Waals surface area contributed by atoms with Crippen molar-refractivity contribution >= 4 is 21.6 Å². The van der Waals surface area contributed by atoms with Crippen molar-refractivity contribution < 1.29 is 13.2 Å². The van der Waals surface area contributed by atoms with E-state index in [0.29, 0.717) is 12.3 Å². The number of hydrogen-bond acceptors (Lipinski definition) is 4. The van der Waals surface area contributed by atoms with Crippen molar-refractivity contribution in [2.24, 2.45) is 0 Å². The first-order chi connectivity index (χ1) is 8.97. The Labute approximate surface area is 118 Å². The molecular formula is C12H15ClN2O3S. The average molecular weight is 303 g/mol. The van der Waals surface area contributed by atoms with Crippen molar-refractivity contribution in [3.05, 3.63) is 23.2 Å². The average Bonchev–Trinajstić information content (AvgIpc) is 2.39. The van der Waals surface area contributed by atoms with E-state index in [4.69, 9.17) is 21.6 Å². The van der Waals surface area contributed by atoms with Crippen LogP contribution in [0.4, 0.5) is 0 Å². The number of nitrogens with zero attached hydrogens (tertiary/aromatic N) is 2. The van der Waals surface area contributed by atoms with Crippen LogP contribution in [0.5, 0.6) is 5.75 Å². The minimum absolute atomic E-state index is 0.0955. The van der Waals surface area contributed by atoms with Crippen LogP contribution in [0.2, 0.25) is 5.02 Å². The van der Waals surface area contributed by atoms with Gasteiger partial charge in [0.15, 0.2) is 0 Å². The number of benzene rings is 1. The van der Waals surface area contributed by atoms with E-state index in [-0.39, 0.29) is 22.9 Å². The fourth-order valence-electron chi connectivity index (χ4n) is 1.58. The van der Waals surface area contributed by atoms with Gasteiger partial charge in [-0.05, 0) is 18.2 Å². The second kappa shape index (κ2) is 6.75. The summed E-state index contributed by atoms with van der Waals surface area (Å²) in [5.41, 5.74) is 0. The lowest BCUT2D eigenvalue weighted by Crippen LogP contribution is -2.31. The molecule has 1 aromatic carbocycles. The second-order valence-corrected chi connectivity index (χ2v) is 6.05. The lowest BCUT2D eigenvalue weighted by atomic mass is 10.3. The first-order valence-electron chi connectivity index (χ1n) is 5.68. The fraction of sp³-hybridized carbons (Fsp3) is 0.417. The van der Waals surface area contributed by atoms with Crippen LogP contribution in [0.3, 0.4) is 0 Å². The van der Waals surface area contributed by atoms with Crippen LogP contribution in [-0.4, -0.2) is 32.9 Å². The summed E-state index contributed by atoms with van der Waals surface area (Å²) < 4.78 is 30.9. The lowest BCUT2D eigenvalue weighted by Gasteiger charge is -2.19. The number of ether oxygens (including phenoxy) is 1. The molecule has 0 amide bonds. The quantitative estimate of drug-likeness (QED) is 0.808. The van der Waals surface area contributed by atoms with Gasteiger partial charge in [-0.15, -0.1) is 0 Å². The molecule has 0 bridgehead atoms. The highest BCUT2D eigenvalue weighted by molar-refractivity contribution is 7.89. The van der Waals surface area contributed by atoms with Crippen molar-refractivity contribution in [1.29, 1.82) is 5.26 Å². The zero-order valence-electron chi connectivity index (χ0n) is 10.8. The molecule has 0 saturated heterocycles. The van der Waals surface area contributed by atoms with Crippen molar-refractivity contribution in [3.8, 4) is 11.8 Å². The minimum atomic E-state index is -3.63. The second-order valence-electron chi connectivity index (χ2n) is 3.70. The number of sulfonamides is 1. The Balaban J connectivity index is 3.12. The van der Waals surface area contributed by atoms with Gasteiger partial charge in [-0.1, -0.05) is 18.5 Å². The molecule has 1 aromatic rings. The molecular weight excluding hydrogens is 288 g/mol. The van der Waals surface area contributed by atoms with Gasteiger partial charge >= 0.3 is 0 Å². The highest BCUT2D eigenvalue weighted by Gasteiger charge is 2.23. The molecule has 0 saturated carbocycles. The molecule has 0 fully saturated rings. The summed E-state index contributed by atoms with van der Waals surface area (Å²) in [6.45, 7) is 2.19. The topological polar surface area (TPSA) is 70.4 Å². The van der Waals surface area contributed by atoms with Crippen LogP contribution in [0.1, 0.15) is 13.3 Å². The molecule has 0 heterocycles. The molecule has 5 nitrogen and oxygen atoms in total. The maximum atomic E-state index is 12.3. The third kappa shape index (κ3) is 3.60. The molecule has 0 spiro atoms. The molecule has 0 aliphatic heterocycles. The van der Waals surface area contributed by atoms with Crippen molar-refractivity contribution in [2.45, 2.75) is 18.2 Å². The highest BCUT2D eigenvalue weighted by Crippen LogP contribution is 2.28. The van der Waals surface area contributed by atoms with Gasteiger partial charge in [0.2, 0.25) is 10.0 Å². The molecule has 104 valence electrons. The monoisotopic (exact) mass is 302 g/mol. The summed E-state index contributed by atoms with van der Waals surface area (Å²) in [7, 11) is -2.17. The summed E-state index contributed by atoms with van der Waals surface area (Å²) in [6, 6.07) is 6.23. The maximum Gasteiger partial charge on any atom is 0.243 e. The van der Waals surface area contributed by atoms with Crippen LogP contribution in [0.25, 0.3) is 0 Å². The van der Waals surface area contributed by atoms with E-state index < -0.39 is 10.0 Å². The third-order valence-corrected chi connectivity index (χ3v) is 4.85. The largest absolute Gasteiger partial charge is 0.495 e. The number of nitriles is 1. The van der Waals surface area contributed by atoms with Gasteiger partial charge < -0.3 is 4.74 Å².